The van der Waals surface area contributed by atoms with E-state index in [0.29, 0.717) is 30.5 Å². The molecule has 154 valence electrons. The molecule has 0 aromatic heterocycles. The van der Waals surface area contributed by atoms with Crippen molar-refractivity contribution in [1.82, 2.24) is 4.90 Å². The van der Waals surface area contributed by atoms with Crippen molar-refractivity contribution in [1.29, 1.82) is 0 Å². The minimum atomic E-state index is -3.99. The molecule has 8 nitrogen and oxygen atoms in total. The number of carbonyl (C=O) groups is 1. The Kier molecular flexibility index (Phi) is 5.88. The molecule has 2 aromatic rings. The third-order valence-corrected chi connectivity index (χ3v) is 6.26. The molecule has 0 saturated carbocycles. The molecular weight excluding hydrogens is 394 g/mol. The lowest BCUT2D eigenvalue weighted by atomic mass is 9.91. The zero-order valence-corrected chi connectivity index (χ0v) is 17.1. The second kappa shape index (κ2) is 8.20. The summed E-state index contributed by atoms with van der Waals surface area (Å²) >= 11 is 0. The molecule has 1 aliphatic heterocycles. The van der Waals surface area contributed by atoms with E-state index in [0.717, 1.165) is 12.5 Å². The van der Waals surface area contributed by atoms with Crippen molar-refractivity contribution in [3.8, 4) is 0 Å². The maximum Gasteiger partial charge on any atom is 0.270 e. The molecule has 2 unspecified atom stereocenters. The number of likely N-dealkylation sites (tertiary alicyclic amines) is 1. The van der Waals surface area contributed by atoms with Crippen molar-refractivity contribution < 1.29 is 18.1 Å². The Morgan fingerprint density at radius 2 is 1.72 bits per heavy atom. The van der Waals surface area contributed by atoms with Crippen molar-refractivity contribution in [2.75, 3.05) is 17.8 Å². The van der Waals surface area contributed by atoms with E-state index in [1.807, 2.05) is 4.90 Å². The van der Waals surface area contributed by atoms with Crippen LogP contribution in [0.5, 0.6) is 0 Å². The standard InChI is InChI=1S/C20H23N3O5S/c1-14-10-15(2)13-22(12-14)20(24)16-6-8-17(9-7-16)21-29(27,28)19-5-3-4-18(11-19)23(25)26/h3-9,11,14-15,21H,10,12-13H2,1-2H3. The maximum atomic E-state index is 12.7. The number of nitrogens with one attached hydrogen (secondary N) is 1. The number of hydrogen-bond donors (Lipinski definition) is 1. The summed E-state index contributed by atoms with van der Waals surface area (Å²) in [6.45, 7) is 5.68. The first-order valence-corrected chi connectivity index (χ1v) is 10.8. The molecule has 1 heterocycles. The Balaban J connectivity index is 1.74. The first kappa shape index (κ1) is 20.8. The third kappa shape index (κ3) is 4.92. The van der Waals surface area contributed by atoms with Crippen LogP contribution in [0.4, 0.5) is 11.4 Å². The van der Waals surface area contributed by atoms with Crippen LogP contribution in [0, 0.1) is 22.0 Å². The maximum absolute atomic E-state index is 12.7. The predicted octanol–water partition coefficient (Wildman–Crippen LogP) is 3.51. The highest BCUT2D eigenvalue weighted by Crippen LogP contribution is 2.24. The number of nitro benzene ring substituents is 1. The summed E-state index contributed by atoms with van der Waals surface area (Å²) in [6.07, 6.45) is 1.10. The summed E-state index contributed by atoms with van der Waals surface area (Å²) in [7, 11) is -3.99. The largest absolute Gasteiger partial charge is 0.338 e. The smallest absolute Gasteiger partial charge is 0.270 e. The average Bonchev–Trinajstić information content (AvgIpc) is 2.67. The van der Waals surface area contributed by atoms with Crippen molar-refractivity contribution in [3.63, 3.8) is 0 Å². The third-order valence-electron chi connectivity index (χ3n) is 4.88. The zero-order valence-electron chi connectivity index (χ0n) is 16.2. The quantitative estimate of drug-likeness (QED) is 0.591. The van der Waals surface area contributed by atoms with Crippen LogP contribution < -0.4 is 4.72 Å². The minimum Gasteiger partial charge on any atom is -0.338 e. The Bertz CT molecular complexity index is 1010. The summed E-state index contributed by atoms with van der Waals surface area (Å²) in [5.74, 6) is 0.823. The Hall–Kier alpha value is -2.94. The van der Waals surface area contributed by atoms with Gasteiger partial charge >= 0.3 is 0 Å². The van der Waals surface area contributed by atoms with Gasteiger partial charge in [-0.1, -0.05) is 19.9 Å². The van der Waals surface area contributed by atoms with Crippen molar-refractivity contribution in [2.24, 2.45) is 11.8 Å². The monoisotopic (exact) mass is 417 g/mol. The van der Waals surface area contributed by atoms with Crippen LogP contribution in [0.3, 0.4) is 0 Å². The number of amides is 1. The number of rotatable bonds is 5. The number of non-ortho nitro benzene ring substituents is 1. The number of nitrogens with zero attached hydrogens (tertiary/aromatic N) is 2. The number of piperidine rings is 1. The second-order valence-electron chi connectivity index (χ2n) is 7.59. The van der Waals surface area contributed by atoms with Gasteiger partial charge in [0.25, 0.3) is 21.6 Å². The molecule has 1 saturated heterocycles. The van der Waals surface area contributed by atoms with Crippen LogP contribution in [0.1, 0.15) is 30.6 Å². The lowest BCUT2D eigenvalue weighted by Crippen LogP contribution is -2.42. The summed E-state index contributed by atoms with van der Waals surface area (Å²) in [4.78, 5) is 24.6. The predicted molar refractivity (Wildman–Crippen MR) is 109 cm³/mol. The van der Waals surface area contributed by atoms with Gasteiger partial charge in [0.05, 0.1) is 9.82 Å². The molecule has 0 aliphatic carbocycles. The van der Waals surface area contributed by atoms with Crippen LogP contribution >= 0.6 is 0 Å². The highest BCUT2D eigenvalue weighted by Gasteiger charge is 2.26. The second-order valence-corrected chi connectivity index (χ2v) is 9.28. The first-order chi connectivity index (χ1) is 13.7. The summed E-state index contributed by atoms with van der Waals surface area (Å²) in [5, 5.41) is 10.9. The molecule has 2 aromatic carbocycles. The van der Waals surface area contributed by atoms with E-state index in [4.69, 9.17) is 0 Å². The van der Waals surface area contributed by atoms with Crippen LogP contribution in [-0.2, 0) is 10.0 Å². The van der Waals surface area contributed by atoms with Crippen molar-refractivity contribution >= 4 is 27.3 Å². The van der Waals surface area contributed by atoms with Crippen LogP contribution in [-0.4, -0.2) is 37.2 Å². The topological polar surface area (TPSA) is 110 Å². The summed E-state index contributed by atoms with van der Waals surface area (Å²) < 4.78 is 27.4. The van der Waals surface area contributed by atoms with Gasteiger partial charge in [-0.15, -0.1) is 0 Å². The van der Waals surface area contributed by atoms with Crippen LogP contribution in [0.2, 0.25) is 0 Å². The lowest BCUT2D eigenvalue weighted by Gasteiger charge is -2.35. The van der Waals surface area contributed by atoms with Gasteiger partial charge in [0.1, 0.15) is 0 Å². The highest BCUT2D eigenvalue weighted by atomic mass is 32.2. The molecule has 2 atom stereocenters. The normalized spacial score (nSPS) is 19.6. The van der Waals surface area contributed by atoms with Gasteiger partial charge in [-0.2, -0.15) is 0 Å². The number of carbonyl (C=O) groups excluding carboxylic acids is 1. The van der Waals surface area contributed by atoms with Gasteiger partial charge < -0.3 is 4.90 Å². The number of nitro groups is 1. The molecule has 0 radical (unpaired) electrons. The molecule has 9 heteroatoms. The zero-order chi connectivity index (χ0) is 21.2. The molecule has 29 heavy (non-hydrogen) atoms. The SMILES string of the molecule is CC1CC(C)CN(C(=O)c2ccc(NS(=O)(=O)c3cccc([N+](=O)[O-])c3)cc2)C1. The van der Waals surface area contributed by atoms with Crippen molar-refractivity contribution in [2.45, 2.75) is 25.2 Å². The van der Waals surface area contributed by atoms with Gasteiger partial charge in [-0.3, -0.25) is 19.6 Å². The minimum absolute atomic E-state index is 0.0727. The van der Waals surface area contributed by atoms with E-state index in [-0.39, 0.29) is 22.2 Å². The van der Waals surface area contributed by atoms with Gasteiger partial charge in [0, 0.05) is 36.5 Å². The molecular formula is C20H23N3O5S. The lowest BCUT2D eigenvalue weighted by molar-refractivity contribution is -0.385. The molecule has 1 fully saturated rings. The van der Waals surface area contributed by atoms with E-state index in [1.165, 1.54) is 30.3 Å². The number of benzene rings is 2. The van der Waals surface area contributed by atoms with Crippen LogP contribution in [0.15, 0.2) is 53.4 Å². The number of anilines is 1. The Labute approximate surface area is 169 Å². The number of hydrogen-bond acceptors (Lipinski definition) is 5. The van der Waals surface area contributed by atoms with Gasteiger partial charge in [0.2, 0.25) is 0 Å². The molecule has 1 N–H and O–H groups in total. The molecule has 3 rings (SSSR count). The van der Waals surface area contributed by atoms with E-state index < -0.39 is 14.9 Å². The van der Waals surface area contributed by atoms with E-state index in [9.17, 15) is 23.3 Å². The van der Waals surface area contributed by atoms with Gasteiger partial charge in [0.15, 0.2) is 0 Å². The fourth-order valence-corrected chi connectivity index (χ4v) is 4.77. The summed E-state index contributed by atoms with van der Waals surface area (Å²) in [5.41, 5.74) is 0.455. The Morgan fingerprint density at radius 3 is 2.31 bits per heavy atom. The number of sulfonamides is 1. The molecule has 1 aliphatic rings. The highest BCUT2D eigenvalue weighted by molar-refractivity contribution is 7.92. The molecule has 0 spiro atoms. The summed E-state index contributed by atoms with van der Waals surface area (Å²) in [6, 6.07) is 11.0. The van der Waals surface area contributed by atoms with E-state index in [2.05, 4.69) is 18.6 Å². The van der Waals surface area contributed by atoms with E-state index >= 15 is 0 Å². The fourth-order valence-electron chi connectivity index (χ4n) is 3.67. The van der Waals surface area contributed by atoms with Crippen LogP contribution in [0.25, 0.3) is 0 Å². The van der Waals surface area contributed by atoms with Gasteiger partial charge in [-0.25, -0.2) is 8.42 Å². The van der Waals surface area contributed by atoms with Crippen molar-refractivity contribution in [3.05, 3.63) is 64.2 Å². The first-order valence-electron chi connectivity index (χ1n) is 9.32. The molecule has 0 bridgehead atoms. The molecule has 1 amide bonds. The van der Waals surface area contributed by atoms with E-state index in [1.54, 1.807) is 12.1 Å². The average molecular weight is 417 g/mol. The van der Waals surface area contributed by atoms with Gasteiger partial charge in [-0.05, 0) is 48.6 Å². The fraction of sp³-hybridized carbons (Fsp3) is 0.350. The Morgan fingerprint density at radius 1 is 1.10 bits per heavy atom.